The van der Waals surface area contributed by atoms with Crippen molar-refractivity contribution >= 4 is 23.6 Å². The molecule has 1 N–H and O–H groups in total. The molecule has 196 valence electrons. The number of fused-ring (bicyclic) bond motifs is 1. The van der Waals surface area contributed by atoms with Crippen LogP contribution in [0, 0.1) is 0 Å². The Balaban J connectivity index is 1.52. The molecule has 0 bridgehead atoms. The van der Waals surface area contributed by atoms with Gasteiger partial charge in [-0.25, -0.2) is 0 Å². The SMILES string of the molecule is CC(C)NC(=O)[C@@H](Cc1ccccc1)N(Cc1ccccc1)C(=O)CCCN1C(=O)c2ccccc2C1=O. The van der Waals surface area contributed by atoms with Gasteiger partial charge in [0.2, 0.25) is 11.8 Å². The number of nitrogens with zero attached hydrogens (tertiary/aromatic N) is 2. The van der Waals surface area contributed by atoms with Gasteiger partial charge in [0.05, 0.1) is 11.1 Å². The summed E-state index contributed by atoms with van der Waals surface area (Å²) < 4.78 is 0. The number of hydrogen-bond donors (Lipinski definition) is 1. The van der Waals surface area contributed by atoms with Gasteiger partial charge in [0.1, 0.15) is 6.04 Å². The van der Waals surface area contributed by atoms with Gasteiger partial charge in [-0.2, -0.15) is 0 Å². The minimum atomic E-state index is -0.716. The molecule has 0 fully saturated rings. The zero-order chi connectivity index (χ0) is 27.1. The summed E-state index contributed by atoms with van der Waals surface area (Å²) >= 11 is 0. The van der Waals surface area contributed by atoms with Crippen molar-refractivity contribution in [1.29, 1.82) is 0 Å². The topological polar surface area (TPSA) is 86.8 Å². The minimum Gasteiger partial charge on any atom is -0.352 e. The van der Waals surface area contributed by atoms with Crippen LogP contribution in [0.5, 0.6) is 0 Å². The van der Waals surface area contributed by atoms with E-state index in [0.29, 0.717) is 24.0 Å². The van der Waals surface area contributed by atoms with E-state index in [1.807, 2.05) is 74.5 Å². The first-order valence-electron chi connectivity index (χ1n) is 13.0. The predicted molar refractivity (Wildman–Crippen MR) is 145 cm³/mol. The average Bonchev–Trinajstić information content (AvgIpc) is 3.16. The fourth-order valence-electron chi connectivity index (χ4n) is 4.69. The molecule has 0 aromatic heterocycles. The lowest BCUT2D eigenvalue weighted by atomic mass is 10.0. The van der Waals surface area contributed by atoms with Gasteiger partial charge in [-0.15, -0.1) is 0 Å². The molecule has 7 heteroatoms. The van der Waals surface area contributed by atoms with Crippen molar-refractivity contribution in [3.05, 3.63) is 107 Å². The highest BCUT2D eigenvalue weighted by molar-refractivity contribution is 6.21. The van der Waals surface area contributed by atoms with Gasteiger partial charge in [0, 0.05) is 32.0 Å². The molecule has 0 aliphatic carbocycles. The summed E-state index contributed by atoms with van der Waals surface area (Å²) in [6, 6.07) is 25.2. The van der Waals surface area contributed by atoms with Crippen LogP contribution in [0.15, 0.2) is 84.9 Å². The number of hydrogen-bond acceptors (Lipinski definition) is 4. The Kier molecular flexibility index (Phi) is 8.69. The van der Waals surface area contributed by atoms with Gasteiger partial charge in [-0.05, 0) is 43.5 Å². The maximum absolute atomic E-state index is 13.7. The molecule has 38 heavy (non-hydrogen) atoms. The number of imide groups is 1. The Labute approximate surface area is 223 Å². The van der Waals surface area contributed by atoms with Crippen LogP contribution in [0.1, 0.15) is 58.5 Å². The van der Waals surface area contributed by atoms with Crippen molar-refractivity contribution in [3.8, 4) is 0 Å². The Morgan fingerprint density at radius 2 is 1.32 bits per heavy atom. The normalized spacial score (nSPS) is 13.4. The van der Waals surface area contributed by atoms with Crippen molar-refractivity contribution < 1.29 is 19.2 Å². The first kappa shape index (κ1) is 26.8. The molecule has 0 spiro atoms. The van der Waals surface area contributed by atoms with Crippen LogP contribution in [0.4, 0.5) is 0 Å². The van der Waals surface area contributed by atoms with E-state index in [0.717, 1.165) is 11.1 Å². The third-order valence-corrected chi connectivity index (χ3v) is 6.55. The number of benzene rings is 3. The van der Waals surface area contributed by atoms with E-state index in [-0.39, 0.29) is 49.2 Å². The molecule has 0 unspecified atom stereocenters. The van der Waals surface area contributed by atoms with E-state index in [9.17, 15) is 19.2 Å². The van der Waals surface area contributed by atoms with Crippen LogP contribution in [0.3, 0.4) is 0 Å². The van der Waals surface area contributed by atoms with Crippen molar-refractivity contribution in [2.75, 3.05) is 6.54 Å². The van der Waals surface area contributed by atoms with E-state index in [4.69, 9.17) is 0 Å². The number of nitrogens with one attached hydrogen (secondary N) is 1. The van der Waals surface area contributed by atoms with Crippen LogP contribution >= 0.6 is 0 Å². The highest BCUT2D eigenvalue weighted by Crippen LogP contribution is 2.23. The Hall–Kier alpha value is -4.26. The minimum absolute atomic E-state index is 0.0803. The second-order valence-electron chi connectivity index (χ2n) is 9.79. The van der Waals surface area contributed by atoms with Crippen LogP contribution in [-0.4, -0.2) is 52.1 Å². The zero-order valence-electron chi connectivity index (χ0n) is 21.8. The molecule has 3 aromatic rings. The third-order valence-electron chi connectivity index (χ3n) is 6.55. The third kappa shape index (κ3) is 6.35. The Morgan fingerprint density at radius 1 is 0.789 bits per heavy atom. The average molecular weight is 512 g/mol. The molecule has 3 aromatic carbocycles. The molecule has 1 atom stereocenters. The Morgan fingerprint density at radius 3 is 1.87 bits per heavy atom. The standard InChI is InChI=1S/C31H33N3O4/c1-22(2)32-29(36)27(20-23-12-5-3-6-13-23)34(21-24-14-7-4-8-15-24)28(35)18-11-19-33-30(37)25-16-9-10-17-26(25)31(33)38/h3-10,12-17,22,27H,11,18-21H2,1-2H3,(H,32,36)/t27-/m1/s1. The lowest BCUT2D eigenvalue weighted by Crippen LogP contribution is -2.51. The number of carbonyl (C=O) groups is 4. The highest BCUT2D eigenvalue weighted by atomic mass is 16.2. The summed E-state index contributed by atoms with van der Waals surface area (Å²) in [4.78, 5) is 55.3. The second kappa shape index (κ2) is 12.3. The lowest BCUT2D eigenvalue weighted by molar-refractivity contribution is -0.141. The highest BCUT2D eigenvalue weighted by Gasteiger charge is 2.35. The van der Waals surface area contributed by atoms with E-state index in [1.165, 1.54) is 4.90 Å². The van der Waals surface area contributed by atoms with Gasteiger partial charge < -0.3 is 10.2 Å². The molecule has 0 saturated heterocycles. The van der Waals surface area contributed by atoms with E-state index in [2.05, 4.69) is 5.32 Å². The van der Waals surface area contributed by atoms with E-state index < -0.39 is 6.04 Å². The monoisotopic (exact) mass is 511 g/mol. The van der Waals surface area contributed by atoms with Crippen molar-refractivity contribution in [1.82, 2.24) is 15.1 Å². The van der Waals surface area contributed by atoms with Crippen LogP contribution in [0.25, 0.3) is 0 Å². The molecule has 0 saturated carbocycles. The van der Waals surface area contributed by atoms with Gasteiger partial charge >= 0.3 is 0 Å². The molecular weight excluding hydrogens is 478 g/mol. The second-order valence-corrected chi connectivity index (χ2v) is 9.79. The molecule has 1 heterocycles. The fraction of sp³-hybridized carbons (Fsp3) is 0.290. The molecule has 4 rings (SSSR count). The first-order chi connectivity index (χ1) is 18.3. The summed E-state index contributed by atoms with van der Waals surface area (Å²) in [6.45, 7) is 4.19. The smallest absolute Gasteiger partial charge is 0.261 e. The van der Waals surface area contributed by atoms with Crippen LogP contribution < -0.4 is 5.32 Å². The number of rotatable bonds is 11. The van der Waals surface area contributed by atoms with Gasteiger partial charge in [-0.3, -0.25) is 24.1 Å². The van der Waals surface area contributed by atoms with Crippen LogP contribution in [0.2, 0.25) is 0 Å². The van der Waals surface area contributed by atoms with Gasteiger partial charge in [0.25, 0.3) is 11.8 Å². The maximum Gasteiger partial charge on any atom is 0.261 e. The quantitative estimate of drug-likeness (QED) is 0.391. The summed E-state index contributed by atoms with van der Waals surface area (Å²) in [5, 5.41) is 2.98. The molecule has 4 amide bonds. The largest absolute Gasteiger partial charge is 0.352 e. The van der Waals surface area contributed by atoms with E-state index >= 15 is 0 Å². The molecular formula is C31H33N3O4. The van der Waals surface area contributed by atoms with Gasteiger partial charge in [-0.1, -0.05) is 72.8 Å². The Bertz CT molecular complexity index is 1260. The van der Waals surface area contributed by atoms with Crippen molar-refractivity contribution in [3.63, 3.8) is 0 Å². The molecule has 0 radical (unpaired) electrons. The molecule has 1 aliphatic heterocycles. The summed E-state index contributed by atoms with van der Waals surface area (Å²) in [6.07, 6.45) is 0.774. The zero-order valence-corrected chi connectivity index (χ0v) is 21.8. The summed E-state index contributed by atoms with van der Waals surface area (Å²) in [5.41, 5.74) is 2.65. The van der Waals surface area contributed by atoms with Crippen molar-refractivity contribution in [2.45, 2.75) is 51.7 Å². The number of carbonyl (C=O) groups excluding carboxylic acids is 4. The van der Waals surface area contributed by atoms with Crippen molar-refractivity contribution in [2.24, 2.45) is 0 Å². The number of amides is 4. The van der Waals surface area contributed by atoms with E-state index in [1.54, 1.807) is 29.2 Å². The maximum atomic E-state index is 13.7. The summed E-state index contributed by atoms with van der Waals surface area (Å²) in [7, 11) is 0. The van der Waals surface area contributed by atoms with Gasteiger partial charge in [0.15, 0.2) is 0 Å². The fourth-order valence-corrected chi connectivity index (χ4v) is 4.69. The lowest BCUT2D eigenvalue weighted by Gasteiger charge is -2.32. The molecule has 7 nitrogen and oxygen atoms in total. The summed E-state index contributed by atoms with van der Waals surface area (Å²) in [5.74, 6) is -1.09. The predicted octanol–water partition coefficient (Wildman–Crippen LogP) is 4.23. The molecule has 1 aliphatic rings. The first-order valence-corrected chi connectivity index (χ1v) is 13.0. The van der Waals surface area contributed by atoms with Crippen LogP contribution in [-0.2, 0) is 22.6 Å².